The van der Waals surface area contributed by atoms with Crippen LogP contribution < -0.4 is 15.4 Å². The molecule has 1 heterocycles. The minimum absolute atomic E-state index is 0.284. The van der Waals surface area contributed by atoms with Gasteiger partial charge in [-0.05, 0) is 36.8 Å². The third kappa shape index (κ3) is 5.66. The number of para-hydroxylation sites is 1. The molecule has 2 N–H and O–H groups in total. The van der Waals surface area contributed by atoms with Crippen LogP contribution in [0.15, 0.2) is 42.5 Å². The van der Waals surface area contributed by atoms with E-state index in [-0.39, 0.29) is 6.61 Å². The minimum atomic E-state index is -0.444. The van der Waals surface area contributed by atoms with Crippen molar-refractivity contribution < 1.29 is 14.3 Å². The molecule has 0 fully saturated rings. The first-order valence-electron chi connectivity index (χ1n) is 8.56. The highest BCUT2D eigenvalue weighted by atomic mass is 35.5. The van der Waals surface area contributed by atoms with E-state index in [0.717, 1.165) is 11.4 Å². The van der Waals surface area contributed by atoms with Crippen LogP contribution in [0.1, 0.15) is 22.3 Å². The van der Waals surface area contributed by atoms with Crippen LogP contribution in [0.5, 0.6) is 5.75 Å². The molecule has 10 heteroatoms. The van der Waals surface area contributed by atoms with Gasteiger partial charge in [-0.2, -0.15) is 0 Å². The van der Waals surface area contributed by atoms with E-state index < -0.39 is 11.8 Å². The van der Waals surface area contributed by atoms with E-state index >= 15 is 0 Å². The highest BCUT2D eigenvalue weighted by Gasteiger charge is 2.16. The second-order valence-electron chi connectivity index (χ2n) is 5.77. The van der Waals surface area contributed by atoms with Gasteiger partial charge in [-0.3, -0.25) is 14.9 Å². The number of hydrogen-bond donors (Lipinski definition) is 2. The van der Waals surface area contributed by atoms with Crippen molar-refractivity contribution in [3.8, 4) is 5.75 Å². The molecule has 3 aromatic rings. The Morgan fingerprint density at radius 2 is 1.90 bits per heavy atom. The van der Waals surface area contributed by atoms with Gasteiger partial charge in [0.2, 0.25) is 5.13 Å². The van der Waals surface area contributed by atoms with Crippen molar-refractivity contribution in [3.05, 3.63) is 63.1 Å². The summed E-state index contributed by atoms with van der Waals surface area (Å²) in [6.07, 6.45) is 0.734. The van der Waals surface area contributed by atoms with Crippen LogP contribution in [0.3, 0.4) is 0 Å². The highest BCUT2D eigenvalue weighted by molar-refractivity contribution is 7.15. The molecule has 7 nitrogen and oxygen atoms in total. The number of halogens is 2. The zero-order valence-corrected chi connectivity index (χ0v) is 17.6. The Morgan fingerprint density at radius 1 is 1.10 bits per heavy atom. The number of carbonyl (C=O) groups excluding carboxylic acids is 2. The van der Waals surface area contributed by atoms with E-state index in [9.17, 15) is 9.59 Å². The lowest BCUT2D eigenvalue weighted by Gasteiger charge is -2.12. The summed E-state index contributed by atoms with van der Waals surface area (Å²) < 4.78 is 5.42. The van der Waals surface area contributed by atoms with Crippen LogP contribution >= 0.6 is 34.5 Å². The Kier molecular flexibility index (Phi) is 7.03. The average molecular weight is 451 g/mol. The quantitative estimate of drug-likeness (QED) is 0.544. The van der Waals surface area contributed by atoms with Crippen LogP contribution in [-0.2, 0) is 11.2 Å². The van der Waals surface area contributed by atoms with Crippen molar-refractivity contribution in [2.24, 2.45) is 0 Å². The first kappa shape index (κ1) is 21.0. The molecule has 0 radical (unpaired) electrons. The maximum atomic E-state index is 12.6. The molecule has 0 unspecified atom stereocenters. The van der Waals surface area contributed by atoms with Crippen LogP contribution in [0.4, 0.5) is 10.8 Å². The maximum absolute atomic E-state index is 12.6. The van der Waals surface area contributed by atoms with E-state index in [0.29, 0.717) is 32.2 Å². The summed E-state index contributed by atoms with van der Waals surface area (Å²) in [7, 11) is 0. The van der Waals surface area contributed by atoms with Gasteiger partial charge in [-0.1, -0.05) is 53.6 Å². The fourth-order valence-corrected chi connectivity index (χ4v) is 3.46. The van der Waals surface area contributed by atoms with Crippen molar-refractivity contribution in [1.82, 2.24) is 10.2 Å². The fraction of sp³-hybridized carbons (Fsp3) is 0.158. The predicted molar refractivity (Wildman–Crippen MR) is 114 cm³/mol. The van der Waals surface area contributed by atoms with Crippen molar-refractivity contribution in [1.29, 1.82) is 0 Å². The minimum Gasteiger partial charge on any atom is -0.482 e. The number of carbonyl (C=O) groups is 2. The van der Waals surface area contributed by atoms with E-state index in [1.807, 2.05) is 6.92 Å². The number of nitrogens with one attached hydrogen (secondary N) is 2. The summed E-state index contributed by atoms with van der Waals surface area (Å²) in [4.78, 5) is 24.9. The average Bonchev–Trinajstić information content (AvgIpc) is 3.15. The molecule has 2 amide bonds. The fourth-order valence-electron chi connectivity index (χ4n) is 2.32. The topological polar surface area (TPSA) is 93.2 Å². The lowest BCUT2D eigenvalue weighted by molar-refractivity contribution is -0.118. The van der Waals surface area contributed by atoms with Crippen LogP contribution in [-0.4, -0.2) is 28.6 Å². The third-order valence-electron chi connectivity index (χ3n) is 3.69. The van der Waals surface area contributed by atoms with Crippen LogP contribution in [0.2, 0.25) is 10.0 Å². The van der Waals surface area contributed by atoms with Gasteiger partial charge in [0.1, 0.15) is 10.8 Å². The molecule has 0 bridgehead atoms. The number of amides is 2. The molecule has 0 saturated carbocycles. The molecule has 3 rings (SSSR count). The standard InChI is InChI=1S/C19H16Cl2N4O3S/c1-2-17-24-25-19(29-17)23-18(27)12-5-3-4-6-14(12)22-16(26)10-28-15-8-7-11(20)9-13(15)21/h3-9H,2,10H2,1H3,(H,22,26)(H,23,25,27). The van der Waals surface area contributed by atoms with Gasteiger partial charge in [0.05, 0.1) is 16.3 Å². The third-order valence-corrected chi connectivity index (χ3v) is 5.20. The number of rotatable bonds is 7. The van der Waals surface area contributed by atoms with Crippen LogP contribution in [0.25, 0.3) is 0 Å². The Hall–Kier alpha value is -2.68. The number of anilines is 2. The van der Waals surface area contributed by atoms with Crippen molar-refractivity contribution >= 4 is 57.2 Å². The van der Waals surface area contributed by atoms with Gasteiger partial charge in [-0.15, -0.1) is 10.2 Å². The SMILES string of the molecule is CCc1nnc(NC(=O)c2ccccc2NC(=O)COc2ccc(Cl)cc2Cl)s1. The van der Waals surface area contributed by atoms with E-state index in [1.54, 1.807) is 36.4 Å². The number of ether oxygens (including phenoxy) is 1. The summed E-state index contributed by atoms with van der Waals surface area (Å²) in [5.74, 6) is -0.512. The molecule has 0 spiro atoms. The molecule has 0 saturated heterocycles. The predicted octanol–water partition coefficient (Wildman–Crippen LogP) is 4.68. The van der Waals surface area contributed by atoms with Gasteiger partial charge in [-0.25, -0.2) is 0 Å². The summed E-state index contributed by atoms with van der Waals surface area (Å²) >= 11 is 13.2. The Bertz CT molecular complexity index is 1040. The first-order chi connectivity index (χ1) is 14.0. The second-order valence-corrected chi connectivity index (χ2v) is 7.67. The smallest absolute Gasteiger partial charge is 0.262 e. The normalized spacial score (nSPS) is 10.4. The first-order valence-corrected chi connectivity index (χ1v) is 10.1. The van der Waals surface area contributed by atoms with Gasteiger partial charge < -0.3 is 10.1 Å². The highest BCUT2D eigenvalue weighted by Crippen LogP contribution is 2.27. The maximum Gasteiger partial charge on any atom is 0.262 e. The number of nitrogens with zero attached hydrogens (tertiary/aromatic N) is 2. The van der Waals surface area contributed by atoms with Gasteiger partial charge in [0, 0.05) is 5.02 Å². The summed E-state index contributed by atoms with van der Waals surface area (Å²) in [5.41, 5.74) is 0.639. The summed E-state index contributed by atoms with van der Waals surface area (Å²) in [5, 5.41) is 15.2. The molecule has 1 aromatic heterocycles. The molecule has 0 aliphatic carbocycles. The summed E-state index contributed by atoms with van der Waals surface area (Å²) in [6, 6.07) is 11.3. The Morgan fingerprint density at radius 3 is 2.62 bits per heavy atom. The van der Waals surface area contributed by atoms with Gasteiger partial charge in [0.15, 0.2) is 6.61 Å². The lowest BCUT2D eigenvalue weighted by atomic mass is 10.1. The zero-order valence-electron chi connectivity index (χ0n) is 15.2. The summed E-state index contributed by atoms with van der Waals surface area (Å²) in [6.45, 7) is 1.67. The molecule has 29 heavy (non-hydrogen) atoms. The molecule has 0 aliphatic rings. The number of aromatic nitrogens is 2. The molecular weight excluding hydrogens is 435 g/mol. The van der Waals surface area contributed by atoms with Crippen molar-refractivity contribution in [2.45, 2.75) is 13.3 Å². The van der Waals surface area contributed by atoms with Crippen molar-refractivity contribution in [2.75, 3.05) is 17.2 Å². The molecule has 150 valence electrons. The molecule has 0 aliphatic heterocycles. The molecule has 0 atom stereocenters. The van der Waals surface area contributed by atoms with Crippen LogP contribution in [0, 0.1) is 0 Å². The second kappa shape index (κ2) is 9.69. The largest absolute Gasteiger partial charge is 0.482 e. The van der Waals surface area contributed by atoms with E-state index in [2.05, 4.69) is 20.8 Å². The van der Waals surface area contributed by atoms with E-state index in [4.69, 9.17) is 27.9 Å². The monoisotopic (exact) mass is 450 g/mol. The lowest BCUT2D eigenvalue weighted by Crippen LogP contribution is -2.22. The van der Waals surface area contributed by atoms with Gasteiger partial charge >= 0.3 is 0 Å². The number of aryl methyl sites for hydroxylation is 1. The zero-order chi connectivity index (χ0) is 20.8. The van der Waals surface area contributed by atoms with Crippen molar-refractivity contribution in [3.63, 3.8) is 0 Å². The van der Waals surface area contributed by atoms with E-state index in [1.165, 1.54) is 17.4 Å². The Balaban J connectivity index is 1.64. The van der Waals surface area contributed by atoms with Gasteiger partial charge in [0.25, 0.3) is 11.8 Å². The Labute approximate surface area is 181 Å². The molecule has 2 aromatic carbocycles. The number of hydrogen-bond acceptors (Lipinski definition) is 6. The number of benzene rings is 2. The molecular formula is C19H16Cl2N4O3S.